The van der Waals surface area contributed by atoms with Gasteiger partial charge in [0.25, 0.3) is 0 Å². The van der Waals surface area contributed by atoms with Crippen molar-refractivity contribution in [2.45, 2.75) is 5.03 Å². The smallest absolute Gasteiger partial charge is 0.160 e. The predicted octanol–water partition coefficient (Wildman–Crippen LogP) is 2.06. The lowest BCUT2D eigenvalue weighted by molar-refractivity contribution is 0.477. The molecule has 0 aliphatic heterocycles. The van der Waals surface area contributed by atoms with E-state index in [0.717, 1.165) is 10.4 Å². The predicted molar refractivity (Wildman–Crippen MR) is 53.0 cm³/mol. The van der Waals surface area contributed by atoms with E-state index in [1.807, 2.05) is 18.4 Å². The molecule has 0 saturated heterocycles. The summed E-state index contributed by atoms with van der Waals surface area (Å²) in [6.45, 7) is 0. The van der Waals surface area contributed by atoms with Crippen LogP contribution in [0.15, 0.2) is 29.6 Å². The van der Waals surface area contributed by atoms with Crippen molar-refractivity contribution >= 4 is 22.7 Å². The maximum absolute atomic E-state index is 9.46. The number of hydrogen-bond donors (Lipinski definition) is 1. The third kappa shape index (κ3) is 1.45. The zero-order valence-electron chi connectivity index (χ0n) is 7.06. The summed E-state index contributed by atoms with van der Waals surface area (Å²) in [5, 5.41) is 11.2. The van der Waals surface area contributed by atoms with Gasteiger partial charge >= 0.3 is 0 Å². The second kappa shape index (κ2) is 3.22. The molecular formula is C9H8N2OS. The zero-order valence-corrected chi connectivity index (χ0v) is 7.88. The summed E-state index contributed by atoms with van der Waals surface area (Å²) in [6, 6.07) is 3.81. The van der Waals surface area contributed by atoms with Crippen LogP contribution in [0.25, 0.3) is 10.9 Å². The average molecular weight is 192 g/mol. The number of fused-ring (bicyclic) bond motifs is 1. The summed E-state index contributed by atoms with van der Waals surface area (Å²) in [7, 11) is 0. The summed E-state index contributed by atoms with van der Waals surface area (Å²) in [6.07, 6.45) is 5.04. The van der Waals surface area contributed by atoms with Gasteiger partial charge in [-0.3, -0.25) is 4.98 Å². The third-order valence-corrected chi connectivity index (χ3v) is 2.41. The molecule has 0 bridgehead atoms. The first kappa shape index (κ1) is 8.31. The van der Waals surface area contributed by atoms with Crippen LogP contribution in [0, 0.1) is 0 Å². The van der Waals surface area contributed by atoms with Crippen LogP contribution >= 0.6 is 11.8 Å². The van der Waals surface area contributed by atoms with Crippen LogP contribution in [-0.2, 0) is 0 Å². The molecule has 3 nitrogen and oxygen atoms in total. The number of thioether (sulfide) groups is 1. The van der Waals surface area contributed by atoms with E-state index in [-0.39, 0.29) is 5.75 Å². The molecule has 0 atom stereocenters. The van der Waals surface area contributed by atoms with Gasteiger partial charge in [0.1, 0.15) is 5.52 Å². The van der Waals surface area contributed by atoms with E-state index in [1.165, 1.54) is 6.20 Å². The van der Waals surface area contributed by atoms with Gasteiger partial charge in [0.05, 0.1) is 11.2 Å². The molecule has 2 aromatic heterocycles. The molecule has 2 heterocycles. The molecule has 2 aromatic rings. The van der Waals surface area contributed by atoms with Gasteiger partial charge in [-0.2, -0.15) is 0 Å². The Bertz CT molecular complexity index is 445. The van der Waals surface area contributed by atoms with E-state index in [1.54, 1.807) is 18.0 Å². The van der Waals surface area contributed by atoms with Gasteiger partial charge in [0.15, 0.2) is 5.75 Å². The fraction of sp³-hybridized carbons (Fsp3) is 0.111. The molecule has 0 spiro atoms. The number of hydrogen-bond acceptors (Lipinski definition) is 4. The zero-order chi connectivity index (χ0) is 9.26. The van der Waals surface area contributed by atoms with E-state index in [0.29, 0.717) is 5.52 Å². The van der Waals surface area contributed by atoms with Crippen molar-refractivity contribution in [2.75, 3.05) is 6.26 Å². The highest BCUT2D eigenvalue weighted by Crippen LogP contribution is 2.23. The monoisotopic (exact) mass is 192 g/mol. The summed E-state index contributed by atoms with van der Waals surface area (Å²) in [4.78, 5) is 8.14. The largest absolute Gasteiger partial charge is 0.504 e. The highest BCUT2D eigenvalue weighted by Gasteiger charge is 2.01. The molecule has 4 heteroatoms. The Hall–Kier alpha value is -1.29. The average Bonchev–Trinajstić information content (AvgIpc) is 2.18. The van der Waals surface area contributed by atoms with Crippen LogP contribution in [0.4, 0.5) is 0 Å². The molecule has 0 aliphatic rings. The van der Waals surface area contributed by atoms with Crippen LogP contribution in [0.5, 0.6) is 5.75 Å². The second-order valence-corrected chi connectivity index (χ2v) is 3.41. The Morgan fingerprint density at radius 1 is 1.31 bits per heavy atom. The topological polar surface area (TPSA) is 46.0 Å². The van der Waals surface area contributed by atoms with Gasteiger partial charge in [-0.05, 0) is 18.4 Å². The van der Waals surface area contributed by atoms with Crippen molar-refractivity contribution < 1.29 is 5.11 Å². The maximum atomic E-state index is 9.46. The van der Waals surface area contributed by atoms with E-state index in [9.17, 15) is 5.11 Å². The first-order valence-electron chi connectivity index (χ1n) is 3.79. The molecular weight excluding hydrogens is 184 g/mol. The van der Waals surface area contributed by atoms with Crippen LogP contribution < -0.4 is 0 Å². The Labute approximate surface area is 79.8 Å². The van der Waals surface area contributed by atoms with Crippen LogP contribution in [0.1, 0.15) is 0 Å². The summed E-state index contributed by atoms with van der Waals surface area (Å²) in [5.41, 5.74) is 0.613. The van der Waals surface area contributed by atoms with Gasteiger partial charge in [0, 0.05) is 11.6 Å². The first-order chi connectivity index (χ1) is 6.31. The SMILES string of the molecule is CSc1ccc2cncc(O)c2n1. The minimum atomic E-state index is 0.133. The number of aromatic nitrogens is 2. The lowest BCUT2D eigenvalue weighted by atomic mass is 10.3. The van der Waals surface area contributed by atoms with Gasteiger partial charge in [-0.15, -0.1) is 11.8 Å². The third-order valence-electron chi connectivity index (χ3n) is 1.76. The normalized spacial score (nSPS) is 10.5. The van der Waals surface area contributed by atoms with Crippen molar-refractivity contribution in [3.05, 3.63) is 24.5 Å². The summed E-state index contributed by atoms with van der Waals surface area (Å²) >= 11 is 1.55. The lowest BCUT2D eigenvalue weighted by Crippen LogP contribution is -1.83. The molecule has 66 valence electrons. The summed E-state index contributed by atoms with van der Waals surface area (Å²) < 4.78 is 0. The molecule has 0 radical (unpaired) electrons. The van der Waals surface area contributed by atoms with Gasteiger partial charge in [-0.25, -0.2) is 4.98 Å². The van der Waals surface area contributed by atoms with E-state index < -0.39 is 0 Å². The van der Waals surface area contributed by atoms with E-state index >= 15 is 0 Å². The molecule has 0 aliphatic carbocycles. The molecule has 0 amide bonds. The molecule has 2 rings (SSSR count). The van der Waals surface area contributed by atoms with Crippen molar-refractivity contribution in [1.82, 2.24) is 9.97 Å². The van der Waals surface area contributed by atoms with Gasteiger partial charge in [-0.1, -0.05) is 0 Å². The standard InChI is InChI=1S/C9H8N2OS/c1-13-8-3-2-6-4-10-5-7(12)9(6)11-8/h2-5,12H,1H3. The molecule has 13 heavy (non-hydrogen) atoms. The molecule has 0 saturated carbocycles. The van der Waals surface area contributed by atoms with Crippen molar-refractivity contribution in [3.8, 4) is 5.75 Å². The number of pyridine rings is 2. The Kier molecular flexibility index (Phi) is 2.06. The highest BCUT2D eigenvalue weighted by molar-refractivity contribution is 7.98. The van der Waals surface area contributed by atoms with Gasteiger partial charge < -0.3 is 5.11 Å². The fourth-order valence-corrected chi connectivity index (χ4v) is 1.51. The van der Waals surface area contributed by atoms with Crippen molar-refractivity contribution in [3.63, 3.8) is 0 Å². The fourth-order valence-electron chi connectivity index (χ4n) is 1.12. The van der Waals surface area contributed by atoms with Gasteiger partial charge in [0.2, 0.25) is 0 Å². The second-order valence-electron chi connectivity index (χ2n) is 2.58. The van der Waals surface area contributed by atoms with Crippen LogP contribution in [0.3, 0.4) is 0 Å². The highest BCUT2D eigenvalue weighted by atomic mass is 32.2. The molecule has 0 aromatic carbocycles. The minimum absolute atomic E-state index is 0.133. The quantitative estimate of drug-likeness (QED) is 0.702. The molecule has 1 N–H and O–H groups in total. The Morgan fingerprint density at radius 3 is 2.92 bits per heavy atom. The van der Waals surface area contributed by atoms with Crippen molar-refractivity contribution in [2.24, 2.45) is 0 Å². The lowest BCUT2D eigenvalue weighted by Gasteiger charge is -2.00. The Balaban J connectivity index is 2.74. The molecule has 0 fully saturated rings. The minimum Gasteiger partial charge on any atom is -0.504 e. The van der Waals surface area contributed by atoms with E-state index in [4.69, 9.17) is 0 Å². The van der Waals surface area contributed by atoms with Crippen molar-refractivity contribution in [1.29, 1.82) is 0 Å². The maximum Gasteiger partial charge on any atom is 0.160 e. The van der Waals surface area contributed by atoms with Crippen LogP contribution in [0.2, 0.25) is 0 Å². The summed E-state index contributed by atoms with van der Waals surface area (Å²) in [5.74, 6) is 0.133. The van der Waals surface area contributed by atoms with E-state index in [2.05, 4.69) is 9.97 Å². The first-order valence-corrected chi connectivity index (χ1v) is 5.01. The number of nitrogens with zero attached hydrogens (tertiary/aromatic N) is 2. The molecule has 0 unspecified atom stereocenters. The number of aromatic hydroxyl groups is 1. The number of rotatable bonds is 1. The Morgan fingerprint density at radius 2 is 2.15 bits per heavy atom. The van der Waals surface area contributed by atoms with Crippen LogP contribution in [-0.4, -0.2) is 21.3 Å².